The van der Waals surface area contributed by atoms with Crippen molar-refractivity contribution < 1.29 is 19.5 Å². The maximum atomic E-state index is 3.24. The van der Waals surface area contributed by atoms with Crippen LogP contribution in [0.3, 0.4) is 0 Å². The van der Waals surface area contributed by atoms with Crippen LogP contribution in [0.15, 0.2) is 36.4 Å². The number of benzene rings is 2. The van der Waals surface area contributed by atoms with Crippen LogP contribution in [0.5, 0.6) is 0 Å². The summed E-state index contributed by atoms with van der Waals surface area (Å²) in [6.45, 7) is 13.0. The summed E-state index contributed by atoms with van der Waals surface area (Å²) in [5.74, 6) is 1.20. The van der Waals surface area contributed by atoms with E-state index >= 15 is 0 Å². The van der Waals surface area contributed by atoms with Crippen molar-refractivity contribution in [2.75, 3.05) is 0 Å². The molecule has 2 rings (SSSR count). The first-order valence-electron chi connectivity index (χ1n) is 7.37. The second kappa shape index (κ2) is 9.90. The van der Waals surface area contributed by atoms with E-state index in [4.69, 9.17) is 0 Å². The molecule has 114 valence electrons. The van der Waals surface area contributed by atoms with Gasteiger partial charge in [-0.3, -0.25) is 0 Å². The fourth-order valence-corrected chi connectivity index (χ4v) is 2.31. The van der Waals surface area contributed by atoms with Gasteiger partial charge in [0.25, 0.3) is 0 Å². The largest absolute Gasteiger partial charge is 2.00 e. The van der Waals surface area contributed by atoms with E-state index in [1.54, 1.807) is 0 Å². The first kappa shape index (κ1) is 20.1. The van der Waals surface area contributed by atoms with E-state index in [0.29, 0.717) is 11.8 Å². The molecule has 2 aromatic rings. The average Bonchev–Trinajstić information content (AvgIpc) is 2.40. The molecule has 0 fully saturated rings. The van der Waals surface area contributed by atoms with Crippen molar-refractivity contribution in [3.63, 3.8) is 0 Å². The zero-order valence-electron chi connectivity index (χ0n) is 14.0. The van der Waals surface area contributed by atoms with Gasteiger partial charge in [-0.25, -0.2) is 0 Å². The van der Waals surface area contributed by atoms with Gasteiger partial charge in [-0.2, -0.15) is 70.8 Å². The maximum Gasteiger partial charge on any atom is 2.00 e. The van der Waals surface area contributed by atoms with Crippen LogP contribution in [0, 0.1) is 26.0 Å². The summed E-state index contributed by atoms with van der Waals surface area (Å²) >= 11 is 0. The smallest absolute Gasteiger partial charge is 0.180 e. The summed E-state index contributed by atoms with van der Waals surface area (Å²) in [6, 6.07) is 18.7. The molecule has 0 heterocycles. The second-order valence-corrected chi connectivity index (χ2v) is 5.84. The first-order valence-corrected chi connectivity index (χ1v) is 7.37. The Bertz CT molecular complexity index is 477. The van der Waals surface area contributed by atoms with Gasteiger partial charge in [0.2, 0.25) is 0 Å². The van der Waals surface area contributed by atoms with E-state index in [9.17, 15) is 0 Å². The summed E-state index contributed by atoms with van der Waals surface area (Å²) < 4.78 is 0. The fraction of sp³-hybridized carbons (Fsp3) is 0.400. The van der Waals surface area contributed by atoms with Gasteiger partial charge in [0.1, 0.15) is 0 Å². The topological polar surface area (TPSA) is 0 Å². The molecule has 0 spiro atoms. The van der Waals surface area contributed by atoms with Crippen LogP contribution in [0.25, 0.3) is 0 Å². The summed E-state index contributed by atoms with van der Waals surface area (Å²) in [5.41, 5.74) is 5.36. The maximum absolute atomic E-state index is 3.24. The van der Waals surface area contributed by atoms with E-state index < -0.39 is 0 Å². The molecule has 0 aliphatic carbocycles. The van der Waals surface area contributed by atoms with Gasteiger partial charge >= 0.3 is 19.5 Å². The fourth-order valence-electron chi connectivity index (χ4n) is 2.31. The van der Waals surface area contributed by atoms with Gasteiger partial charge in [-0.1, -0.05) is 41.5 Å². The molecule has 0 saturated heterocycles. The van der Waals surface area contributed by atoms with Crippen LogP contribution in [0.4, 0.5) is 0 Å². The molecule has 0 saturated carbocycles. The zero-order valence-corrected chi connectivity index (χ0v) is 15.7. The molecule has 0 nitrogen and oxygen atoms in total. The zero-order chi connectivity index (χ0) is 15.1. The molecule has 0 aromatic heterocycles. The number of rotatable bonds is 2. The molecule has 0 aliphatic rings. The van der Waals surface area contributed by atoms with Crippen molar-refractivity contribution in [2.45, 2.75) is 53.4 Å². The van der Waals surface area contributed by atoms with Gasteiger partial charge in [0.05, 0.1) is 0 Å². The molecule has 2 aromatic carbocycles. The Hall–Kier alpha value is -0.937. The molecular weight excluding hydrogens is 341 g/mol. The summed E-state index contributed by atoms with van der Waals surface area (Å²) in [5, 5.41) is 0. The van der Waals surface area contributed by atoms with Crippen LogP contribution in [-0.2, 0) is 19.5 Å². The monoisotopic (exact) mass is 368 g/mol. The normalized spacial score (nSPS) is 9.90. The van der Waals surface area contributed by atoms with E-state index in [-0.39, 0.29) is 19.5 Å². The van der Waals surface area contributed by atoms with Gasteiger partial charge in [-0.15, -0.1) is 0 Å². The van der Waals surface area contributed by atoms with Gasteiger partial charge < -0.3 is 0 Å². The van der Waals surface area contributed by atoms with Crippen LogP contribution >= 0.6 is 0 Å². The predicted octanol–water partition coefficient (Wildman–Crippen LogP) is 5.83. The van der Waals surface area contributed by atoms with Crippen molar-refractivity contribution in [3.8, 4) is 0 Å². The quantitative estimate of drug-likeness (QED) is 0.462. The molecule has 1 heteroatoms. The van der Waals surface area contributed by atoms with Crippen LogP contribution in [0.2, 0.25) is 0 Å². The Morgan fingerprint density at radius 1 is 0.714 bits per heavy atom. The first-order chi connectivity index (χ1) is 9.43. The molecule has 0 amide bonds. The number of hydrogen-bond acceptors (Lipinski definition) is 0. The molecule has 0 atom stereocenters. The Morgan fingerprint density at radius 2 is 1.05 bits per heavy atom. The summed E-state index contributed by atoms with van der Waals surface area (Å²) in [4.78, 5) is 0. The Kier molecular flexibility index (Phi) is 9.46. The van der Waals surface area contributed by atoms with Crippen molar-refractivity contribution in [3.05, 3.63) is 70.8 Å². The third-order valence-corrected chi connectivity index (χ3v) is 3.37. The van der Waals surface area contributed by atoms with Crippen molar-refractivity contribution in [1.29, 1.82) is 0 Å². The molecular formula is C20H26Ru. The minimum absolute atomic E-state index is 0. The van der Waals surface area contributed by atoms with Crippen molar-refractivity contribution >= 4 is 0 Å². The average molecular weight is 367 g/mol. The molecule has 0 unspecified atom stereocenters. The number of aryl methyl sites for hydroxylation is 2. The summed E-state index contributed by atoms with van der Waals surface area (Å²) in [6.07, 6.45) is 0. The molecule has 0 aliphatic heterocycles. The van der Waals surface area contributed by atoms with Gasteiger partial charge in [0, 0.05) is 0 Å². The molecule has 0 radical (unpaired) electrons. The summed E-state index contributed by atoms with van der Waals surface area (Å²) in [7, 11) is 0. The van der Waals surface area contributed by atoms with Crippen LogP contribution < -0.4 is 0 Å². The Balaban J connectivity index is 0.000000364. The van der Waals surface area contributed by atoms with Gasteiger partial charge in [-0.05, 0) is 11.8 Å². The van der Waals surface area contributed by atoms with Gasteiger partial charge in [0.15, 0.2) is 0 Å². The standard InChI is InChI=1S/2C10H13.Ru/c2*1-8(2)10-7-5-4-6-9(10)3;/h2*4-6,8H,1-3H3;/q2*-1;+2. The van der Waals surface area contributed by atoms with Crippen molar-refractivity contribution in [1.82, 2.24) is 0 Å². The van der Waals surface area contributed by atoms with E-state index in [1.165, 1.54) is 22.3 Å². The molecule has 0 bridgehead atoms. The minimum Gasteiger partial charge on any atom is -0.180 e. The van der Waals surface area contributed by atoms with E-state index in [0.717, 1.165) is 0 Å². The van der Waals surface area contributed by atoms with E-state index in [2.05, 4.69) is 65.8 Å². The predicted molar refractivity (Wildman–Crippen MR) is 88.2 cm³/mol. The van der Waals surface area contributed by atoms with Crippen LogP contribution in [-0.4, -0.2) is 0 Å². The Morgan fingerprint density at radius 3 is 1.24 bits per heavy atom. The SMILES string of the molecule is Cc1ccc[c-]c1C(C)C.Cc1ccc[c-]c1C(C)C.[Ru+2]. The Labute approximate surface area is 143 Å². The molecule has 21 heavy (non-hydrogen) atoms. The second-order valence-electron chi connectivity index (χ2n) is 5.84. The third-order valence-electron chi connectivity index (χ3n) is 3.37. The third kappa shape index (κ3) is 6.57. The van der Waals surface area contributed by atoms with E-state index in [1.807, 2.05) is 24.3 Å². The minimum atomic E-state index is 0. The van der Waals surface area contributed by atoms with Crippen molar-refractivity contribution in [2.24, 2.45) is 0 Å². The number of hydrogen-bond donors (Lipinski definition) is 0. The van der Waals surface area contributed by atoms with Crippen LogP contribution in [0.1, 0.15) is 61.8 Å². The molecule has 0 N–H and O–H groups in total.